The normalized spacial score (nSPS) is 20.5. The van der Waals surface area contributed by atoms with Crippen LogP contribution in [0.3, 0.4) is 0 Å². The second-order valence-corrected chi connectivity index (χ2v) is 8.73. The molecule has 1 unspecified atom stereocenters. The van der Waals surface area contributed by atoms with Gasteiger partial charge in [0.1, 0.15) is 5.75 Å². The number of ketones is 1. The van der Waals surface area contributed by atoms with Crippen molar-refractivity contribution >= 4 is 22.2 Å². The fourth-order valence-electron chi connectivity index (χ4n) is 4.76. The zero-order valence-electron chi connectivity index (χ0n) is 16.1. The molecule has 0 saturated carbocycles. The first-order valence-electron chi connectivity index (χ1n) is 9.77. The minimum Gasteiger partial charge on any atom is -0.508 e. The van der Waals surface area contributed by atoms with Gasteiger partial charge in [-0.05, 0) is 58.4 Å². The Hall–Kier alpha value is -3.07. The van der Waals surface area contributed by atoms with Gasteiger partial charge in [-0.15, -0.1) is 0 Å². The molecule has 5 rings (SSSR count). The van der Waals surface area contributed by atoms with Gasteiger partial charge in [0, 0.05) is 11.3 Å². The number of phenols is 1. The van der Waals surface area contributed by atoms with E-state index in [1.165, 1.54) is 5.57 Å². The number of Topliss-reactive ketones (excluding diaryl/α,β-unsaturated/α-hetero) is 1. The predicted molar refractivity (Wildman–Crippen MR) is 113 cm³/mol. The quantitative estimate of drug-likeness (QED) is 0.552. The maximum atomic E-state index is 13.7. The molecule has 1 aliphatic carbocycles. The monoisotopic (exact) mass is 369 g/mol. The summed E-state index contributed by atoms with van der Waals surface area (Å²) in [6.07, 6.45) is 1.68. The third-order valence-corrected chi connectivity index (χ3v) is 6.02. The zero-order valence-corrected chi connectivity index (χ0v) is 16.1. The smallest absolute Gasteiger partial charge is 0.191 e. The Morgan fingerprint density at radius 1 is 0.964 bits per heavy atom. The Labute approximate surface area is 164 Å². The summed E-state index contributed by atoms with van der Waals surface area (Å²) in [5, 5.41) is 15.5. The van der Waals surface area contributed by atoms with E-state index in [0.717, 1.165) is 46.0 Å². The lowest BCUT2D eigenvalue weighted by molar-refractivity contribution is 0.103. The lowest BCUT2D eigenvalue weighted by Crippen LogP contribution is -2.15. The van der Waals surface area contributed by atoms with Crippen molar-refractivity contribution in [1.29, 1.82) is 0 Å². The second kappa shape index (κ2) is 5.96. The Balaban J connectivity index is 1.75. The van der Waals surface area contributed by atoms with Crippen molar-refractivity contribution in [3.8, 4) is 5.75 Å². The number of benzene rings is 3. The van der Waals surface area contributed by atoms with E-state index < -0.39 is 0 Å². The number of hydrogen-bond acceptors (Lipinski definition) is 3. The molecule has 0 spiro atoms. The number of aromatic hydroxyl groups is 1. The molecule has 0 saturated heterocycles. The van der Waals surface area contributed by atoms with Gasteiger partial charge in [0.05, 0.1) is 11.6 Å². The van der Waals surface area contributed by atoms with Gasteiger partial charge in [-0.2, -0.15) is 0 Å². The standard InChI is InChI=1S/C25H23NO2/c1-25(2)13-19-20(14-25)24(28)22-18-6-4-3-5-15(18)9-12-21(22)26-23(19)16-7-10-17(27)11-8-16/h3-12,23,26-27H,13-14H2,1-2H3. The number of fused-ring (bicyclic) bond motifs is 3. The van der Waals surface area contributed by atoms with Crippen LogP contribution in [0.15, 0.2) is 71.8 Å². The fraction of sp³-hybridized carbons (Fsp3) is 0.240. The molecular formula is C25H23NO2. The van der Waals surface area contributed by atoms with E-state index in [1.54, 1.807) is 12.1 Å². The van der Waals surface area contributed by atoms with Gasteiger partial charge in [-0.3, -0.25) is 4.79 Å². The van der Waals surface area contributed by atoms with Crippen molar-refractivity contribution in [1.82, 2.24) is 0 Å². The molecular weight excluding hydrogens is 346 g/mol. The third kappa shape index (κ3) is 2.62. The minimum absolute atomic E-state index is 0.0660. The lowest BCUT2D eigenvalue weighted by atomic mass is 9.86. The lowest BCUT2D eigenvalue weighted by Gasteiger charge is -2.25. The molecule has 0 radical (unpaired) electrons. The van der Waals surface area contributed by atoms with Crippen LogP contribution in [-0.4, -0.2) is 10.9 Å². The second-order valence-electron chi connectivity index (χ2n) is 8.73. The van der Waals surface area contributed by atoms with Crippen LogP contribution in [-0.2, 0) is 0 Å². The first kappa shape index (κ1) is 17.1. The highest BCUT2D eigenvalue weighted by atomic mass is 16.3. The Morgan fingerprint density at radius 2 is 1.71 bits per heavy atom. The minimum atomic E-state index is -0.0660. The summed E-state index contributed by atoms with van der Waals surface area (Å²) in [5.74, 6) is 0.405. The summed E-state index contributed by atoms with van der Waals surface area (Å²) in [5.41, 5.74) is 4.93. The topological polar surface area (TPSA) is 49.3 Å². The third-order valence-electron chi connectivity index (χ3n) is 6.02. The molecule has 3 aromatic carbocycles. The molecule has 0 fully saturated rings. The van der Waals surface area contributed by atoms with E-state index in [-0.39, 0.29) is 23.0 Å². The summed E-state index contributed by atoms with van der Waals surface area (Å²) >= 11 is 0. The van der Waals surface area contributed by atoms with E-state index >= 15 is 0 Å². The number of hydrogen-bond donors (Lipinski definition) is 2. The molecule has 140 valence electrons. The van der Waals surface area contributed by atoms with Gasteiger partial charge in [-0.25, -0.2) is 0 Å². The highest BCUT2D eigenvalue weighted by Gasteiger charge is 2.40. The molecule has 1 atom stereocenters. The van der Waals surface area contributed by atoms with Crippen molar-refractivity contribution in [3.05, 3.63) is 82.9 Å². The Morgan fingerprint density at radius 3 is 2.50 bits per heavy atom. The summed E-state index contributed by atoms with van der Waals surface area (Å²) < 4.78 is 0. The fourth-order valence-corrected chi connectivity index (χ4v) is 4.76. The van der Waals surface area contributed by atoms with Crippen LogP contribution in [0.2, 0.25) is 0 Å². The van der Waals surface area contributed by atoms with Crippen molar-refractivity contribution in [2.45, 2.75) is 32.7 Å². The number of carbonyl (C=O) groups excluding carboxylic acids is 1. The van der Waals surface area contributed by atoms with E-state index in [9.17, 15) is 9.90 Å². The number of carbonyl (C=O) groups is 1. The van der Waals surface area contributed by atoms with Crippen LogP contribution >= 0.6 is 0 Å². The molecule has 0 aromatic heterocycles. The molecule has 0 bridgehead atoms. The van der Waals surface area contributed by atoms with E-state index in [4.69, 9.17) is 0 Å². The van der Waals surface area contributed by atoms with Crippen molar-refractivity contribution < 1.29 is 9.90 Å². The zero-order chi connectivity index (χ0) is 19.5. The van der Waals surface area contributed by atoms with Crippen LogP contribution in [0.25, 0.3) is 10.8 Å². The van der Waals surface area contributed by atoms with Gasteiger partial charge < -0.3 is 10.4 Å². The number of allylic oxidation sites excluding steroid dienone is 1. The molecule has 3 heteroatoms. The van der Waals surface area contributed by atoms with E-state index in [1.807, 2.05) is 36.4 Å². The van der Waals surface area contributed by atoms with Crippen molar-refractivity contribution in [2.24, 2.45) is 5.41 Å². The maximum Gasteiger partial charge on any atom is 0.191 e. The van der Waals surface area contributed by atoms with Gasteiger partial charge in [0.25, 0.3) is 0 Å². The molecule has 2 N–H and O–H groups in total. The first-order chi connectivity index (χ1) is 13.4. The summed E-state index contributed by atoms with van der Waals surface area (Å²) in [6.45, 7) is 4.46. The molecule has 0 amide bonds. The number of rotatable bonds is 1. The average Bonchev–Trinajstić information content (AvgIpc) is 2.96. The number of anilines is 1. The van der Waals surface area contributed by atoms with Crippen molar-refractivity contribution in [2.75, 3.05) is 5.32 Å². The van der Waals surface area contributed by atoms with Gasteiger partial charge in [-0.1, -0.05) is 56.3 Å². The summed E-state index contributed by atoms with van der Waals surface area (Å²) in [7, 11) is 0. The summed E-state index contributed by atoms with van der Waals surface area (Å²) in [6, 6.07) is 19.4. The highest BCUT2D eigenvalue weighted by molar-refractivity contribution is 6.21. The molecule has 3 nitrogen and oxygen atoms in total. The molecule has 1 heterocycles. The van der Waals surface area contributed by atoms with Crippen LogP contribution in [0.5, 0.6) is 5.75 Å². The van der Waals surface area contributed by atoms with Gasteiger partial charge in [0.2, 0.25) is 0 Å². The van der Waals surface area contributed by atoms with Gasteiger partial charge >= 0.3 is 0 Å². The van der Waals surface area contributed by atoms with Crippen LogP contribution in [0.1, 0.15) is 48.7 Å². The van der Waals surface area contributed by atoms with E-state index in [0.29, 0.717) is 0 Å². The average molecular weight is 369 g/mol. The number of nitrogens with one attached hydrogen (secondary N) is 1. The van der Waals surface area contributed by atoms with Crippen LogP contribution in [0, 0.1) is 5.41 Å². The largest absolute Gasteiger partial charge is 0.508 e. The SMILES string of the molecule is CC1(C)CC2=C(C1)C(c1ccc(O)cc1)Nc1ccc3ccccc3c1C2=O. The molecule has 2 aliphatic rings. The predicted octanol–water partition coefficient (Wildman–Crippen LogP) is 6.01. The molecule has 3 aromatic rings. The molecule has 1 aliphatic heterocycles. The maximum absolute atomic E-state index is 13.7. The van der Waals surface area contributed by atoms with Crippen LogP contribution in [0.4, 0.5) is 5.69 Å². The summed E-state index contributed by atoms with van der Waals surface area (Å²) in [4.78, 5) is 13.7. The number of phenolic OH excluding ortho intramolecular Hbond substituents is 1. The van der Waals surface area contributed by atoms with Gasteiger partial charge in [0.15, 0.2) is 5.78 Å². The Bertz CT molecular complexity index is 1140. The highest BCUT2D eigenvalue weighted by Crippen LogP contribution is 2.50. The Kier molecular flexibility index (Phi) is 3.63. The first-order valence-corrected chi connectivity index (χ1v) is 9.77. The van der Waals surface area contributed by atoms with E-state index in [2.05, 4.69) is 31.3 Å². The molecule has 28 heavy (non-hydrogen) atoms. The van der Waals surface area contributed by atoms with Crippen LogP contribution < -0.4 is 5.32 Å². The van der Waals surface area contributed by atoms with Crippen molar-refractivity contribution in [3.63, 3.8) is 0 Å².